The summed E-state index contributed by atoms with van der Waals surface area (Å²) in [6, 6.07) is 0.429. The first-order valence-corrected chi connectivity index (χ1v) is 7.22. The number of oxazole rings is 1. The van der Waals surface area contributed by atoms with Crippen molar-refractivity contribution in [1.29, 1.82) is 0 Å². The summed E-state index contributed by atoms with van der Waals surface area (Å²) in [4.78, 5) is 4.39. The van der Waals surface area contributed by atoms with Gasteiger partial charge in [-0.1, -0.05) is 20.8 Å². The van der Waals surface area contributed by atoms with Crippen LogP contribution in [-0.4, -0.2) is 23.7 Å². The normalized spacial score (nSPS) is 23.5. The number of aromatic nitrogens is 1. The minimum atomic E-state index is 0.00511. The average molecular weight is 266 g/mol. The van der Waals surface area contributed by atoms with Crippen molar-refractivity contribution in [3.05, 3.63) is 17.8 Å². The summed E-state index contributed by atoms with van der Waals surface area (Å²) < 4.78 is 11.6. The van der Waals surface area contributed by atoms with Gasteiger partial charge in [0.05, 0.1) is 18.3 Å². The lowest BCUT2D eigenvalue weighted by molar-refractivity contribution is 0.0790. The molecule has 1 N–H and O–H groups in total. The van der Waals surface area contributed by atoms with Gasteiger partial charge in [0, 0.05) is 18.1 Å². The van der Waals surface area contributed by atoms with Gasteiger partial charge in [-0.15, -0.1) is 0 Å². The predicted octanol–water partition coefficient (Wildman–Crippen LogP) is 3.19. The molecule has 2 rings (SSSR count). The zero-order chi connectivity index (χ0) is 14.0. The molecular weight excluding hydrogens is 240 g/mol. The molecule has 108 valence electrons. The molecule has 0 unspecified atom stereocenters. The lowest BCUT2D eigenvalue weighted by atomic mass is 9.94. The van der Waals surface area contributed by atoms with Gasteiger partial charge >= 0.3 is 0 Å². The molecule has 1 saturated heterocycles. The minimum Gasteiger partial charge on any atom is -0.443 e. The molecule has 0 spiro atoms. The summed E-state index contributed by atoms with van der Waals surface area (Å²) in [5.41, 5.74) is 0.00511. The van der Waals surface area contributed by atoms with Crippen molar-refractivity contribution in [2.45, 2.75) is 71.1 Å². The standard InChI is InChI=1S/C15H26N2O2/c1-10(12-7-6-8-18-12)17-11(2)14-16-9-13(19-14)15(3,4)5/h9-12,17H,6-8H2,1-5H3/t10-,11-,12+/m0/s1. The molecule has 0 radical (unpaired) electrons. The molecule has 3 atom stereocenters. The molecule has 0 aromatic carbocycles. The Morgan fingerprint density at radius 1 is 1.37 bits per heavy atom. The summed E-state index contributed by atoms with van der Waals surface area (Å²) in [5, 5.41) is 3.52. The fourth-order valence-corrected chi connectivity index (χ4v) is 2.40. The number of rotatable bonds is 4. The molecule has 1 aliphatic rings. The van der Waals surface area contributed by atoms with Crippen LogP contribution in [0.3, 0.4) is 0 Å². The Bertz CT molecular complexity index is 403. The molecule has 1 aromatic rings. The van der Waals surface area contributed by atoms with Crippen LogP contribution >= 0.6 is 0 Å². The highest BCUT2D eigenvalue weighted by Gasteiger charge is 2.26. The highest BCUT2D eigenvalue weighted by molar-refractivity contribution is 5.07. The van der Waals surface area contributed by atoms with E-state index >= 15 is 0 Å². The molecule has 0 amide bonds. The van der Waals surface area contributed by atoms with Crippen molar-refractivity contribution >= 4 is 0 Å². The third kappa shape index (κ3) is 3.57. The Kier molecular flexibility index (Phi) is 4.31. The average Bonchev–Trinajstić information content (AvgIpc) is 3.00. The second-order valence-electron chi connectivity index (χ2n) is 6.54. The third-order valence-electron chi connectivity index (χ3n) is 3.67. The number of ether oxygens (including phenoxy) is 1. The van der Waals surface area contributed by atoms with Crippen molar-refractivity contribution in [3.8, 4) is 0 Å². The molecule has 0 aliphatic carbocycles. The van der Waals surface area contributed by atoms with Crippen molar-refractivity contribution < 1.29 is 9.15 Å². The van der Waals surface area contributed by atoms with Crippen molar-refractivity contribution in [2.75, 3.05) is 6.61 Å². The maximum atomic E-state index is 5.86. The second kappa shape index (κ2) is 5.63. The molecule has 1 aliphatic heterocycles. The maximum absolute atomic E-state index is 5.86. The van der Waals surface area contributed by atoms with E-state index in [2.05, 4.69) is 44.9 Å². The highest BCUT2D eigenvalue weighted by atomic mass is 16.5. The van der Waals surface area contributed by atoms with E-state index in [4.69, 9.17) is 9.15 Å². The van der Waals surface area contributed by atoms with Crippen molar-refractivity contribution in [2.24, 2.45) is 0 Å². The first-order chi connectivity index (χ1) is 8.88. The predicted molar refractivity (Wildman–Crippen MR) is 75.2 cm³/mol. The van der Waals surface area contributed by atoms with E-state index in [1.54, 1.807) is 0 Å². The highest BCUT2D eigenvalue weighted by Crippen LogP contribution is 2.25. The number of nitrogens with zero attached hydrogens (tertiary/aromatic N) is 1. The molecule has 4 nitrogen and oxygen atoms in total. The fourth-order valence-electron chi connectivity index (χ4n) is 2.40. The number of hydrogen-bond acceptors (Lipinski definition) is 4. The zero-order valence-corrected chi connectivity index (χ0v) is 12.7. The molecule has 0 bridgehead atoms. The van der Waals surface area contributed by atoms with Gasteiger partial charge in [-0.2, -0.15) is 0 Å². The Balaban J connectivity index is 1.95. The first-order valence-electron chi connectivity index (χ1n) is 7.22. The summed E-state index contributed by atoms with van der Waals surface area (Å²) >= 11 is 0. The number of nitrogens with one attached hydrogen (secondary N) is 1. The molecular formula is C15H26N2O2. The van der Waals surface area contributed by atoms with Gasteiger partial charge in [-0.3, -0.25) is 0 Å². The van der Waals surface area contributed by atoms with Crippen LogP contribution in [0.15, 0.2) is 10.6 Å². The quantitative estimate of drug-likeness (QED) is 0.909. The van der Waals surface area contributed by atoms with Crippen LogP contribution in [0.5, 0.6) is 0 Å². The van der Waals surface area contributed by atoms with Gasteiger partial charge < -0.3 is 14.5 Å². The maximum Gasteiger partial charge on any atom is 0.211 e. The van der Waals surface area contributed by atoms with Crippen LogP contribution in [0.25, 0.3) is 0 Å². The molecule has 2 heterocycles. The summed E-state index contributed by atoms with van der Waals surface area (Å²) in [7, 11) is 0. The topological polar surface area (TPSA) is 47.3 Å². The molecule has 4 heteroatoms. The van der Waals surface area contributed by atoms with E-state index in [1.807, 2.05) is 6.20 Å². The fraction of sp³-hybridized carbons (Fsp3) is 0.800. The van der Waals surface area contributed by atoms with Crippen LogP contribution in [0.2, 0.25) is 0 Å². The van der Waals surface area contributed by atoms with Gasteiger partial charge in [-0.05, 0) is 26.7 Å². The molecule has 19 heavy (non-hydrogen) atoms. The van der Waals surface area contributed by atoms with Crippen LogP contribution in [0.4, 0.5) is 0 Å². The lowest BCUT2D eigenvalue weighted by Crippen LogP contribution is -2.38. The van der Waals surface area contributed by atoms with E-state index in [0.29, 0.717) is 12.1 Å². The van der Waals surface area contributed by atoms with E-state index < -0.39 is 0 Å². The minimum absolute atomic E-state index is 0.00511. The Labute approximate surface area is 115 Å². The van der Waals surface area contributed by atoms with E-state index in [9.17, 15) is 0 Å². The SMILES string of the molecule is C[C@H](N[C@@H](C)[C@H]1CCCO1)c1ncc(C(C)(C)C)o1. The Morgan fingerprint density at radius 3 is 2.63 bits per heavy atom. The second-order valence-corrected chi connectivity index (χ2v) is 6.54. The Hall–Kier alpha value is -0.870. The largest absolute Gasteiger partial charge is 0.443 e. The molecule has 0 saturated carbocycles. The van der Waals surface area contributed by atoms with E-state index in [1.165, 1.54) is 0 Å². The van der Waals surface area contributed by atoms with Gasteiger partial charge in [0.15, 0.2) is 0 Å². The third-order valence-corrected chi connectivity index (χ3v) is 3.67. The van der Waals surface area contributed by atoms with Gasteiger partial charge in [0.25, 0.3) is 0 Å². The van der Waals surface area contributed by atoms with Crippen LogP contribution in [0, 0.1) is 0 Å². The first kappa shape index (κ1) is 14.5. The van der Waals surface area contributed by atoms with Gasteiger partial charge in [0.1, 0.15) is 5.76 Å². The van der Waals surface area contributed by atoms with Crippen LogP contribution < -0.4 is 5.32 Å². The van der Waals surface area contributed by atoms with Crippen LogP contribution in [-0.2, 0) is 10.2 Å². The lowest BCUT2D eigenvalue weighted by Gasteiger charge is -2.23. The molecule has 1 aromatic heterocycles. The zero-order valence-electron chi connectivity index (χ0n) is 12.7. The smallest absolute Gasteiger partial charge is 0.211 e. The van der Waals surface area contributed by atoms with Crippen molar-refractivity contribution in [1.82, 2.24) is 10.3 Å². The molecule has 1 fully saturated rings. The number of hydrogen-bond donors (Lipinski definition) is 1. The van der Waals surface area contributed by atoms with E-state index in [-0.39, 0.29) is 11.5 Å². The summed E-state index contributed by atoms with van der Waals surface area (Å²) in [6.07, 6.45) is 4.46. The summed E-state index contributed by atoms with van der Waals surface area (Å²) in [5.74, 6) is 1.69. The van der Waals surface area contributed by atoms with Crippen LogP contribution in [0.1, 0.15) is 65.2 Å². The Morgan fingerprint density at radius 2 is 2.11 bits per heavy atom. The van der Waals surface area contributed by atoms with E-state index in [0.717, 1.165) is 31.1 Å². The summed E-state index contributed by atoms with van der Waals surface area (Å²) in [6.45, 7) is 11.5. The van der Waals surface area contributed by atoms with Gasteiger partial charge in [0.2, 0.25) is 5.89 Å². The van der Waals surface area contributed by atoms with Crippen molar-refractivity contribution in [3.63, 3.8) is 0 Å². The van der Waals surface area contributed by atoms with Gasteiger partial charge in [-0.25, -0.2) is 4.98 Å². The monoisotopic (exact) mass is 266 g/mol.